The lowest BCUT2D eigenvalue weighted by Gasteiger charge is -2.37. The van der Waals surface area contributed by atoms with Crippen LogP contribution >= 0.6 is 0 Å². The number of hydrogen-bond acceptors (Lipinski definition) is 5. The average molecular weight is 573 g/mol. The number of nitrogens with zero attached hydrogens (tertiary/aromatic N) is 3. The van der Waals surface area contributed by atoms with E-state index < -0.39 is 18.1 Å². The zero-order valence-corrected chi connectivity index (χ0v) is 22.6. The summed E-state index contributed by atoms with van der Waals surface area (Å²) in [6.45, 7) is 5.91. The van der Waals surface area contributed by atoms with Gasteiger partial charge in [-0.05, 0) is 55.0 Å². The molecule has 41 heavy (non-hydrogen) atoms. The molecule has 3 aromatic carbocycles. The number of aliphatic imine (C=N–C) groups is 1. The molecule has 1 heterocycles. The van der Waals surface area contributed by atoms with Gasteiger partial charge in [-0.3, -0.25) is 0 Å². The molecule has 0 amide bonds. The average Bonchev–Trinajstić information content (AvgIpc) is 2.96. The van der Waals surface area contributed by atoms with E-state index in [2.05, 4.69) is 58.4 Å². The highest BCUT2D eigenvalue weighted by Crippen LogP contribution is 2.21. The summed E-state index contributed by atoms with van der Waals surface area (Å²) in [6.07, 6.45) is -5.08. The van der Waals surface area contributed by atoms with Gasteiger partial charge in [0.05, 0.1) is 19.2 Å². The SMILES string of the molecule is COc1ccc(N2CCN(C(=NCc3ccc(C)cc3)Nc3cccc(C(=O)O)c3)CC2)cc1.O=C(O)C(F)(F)F. The molecule has 0 spiro atoms. The van der Waals surface area contributed by atoms with Crippen LogP contribution in [0.1, 0.15) is 21.5 Å². The van der Waals surface area contributed by atoms with E-state index in [1.807, 2.05) is 18.2 Å². The first-order valence-corrected chi connectivity index (χ1v) is 12.6. The lowest BCUT2D eigenvalue weighted by atomic mass is 10.1. The predicted molar refractivity (Wildman–Crippen MR) is 150 cm³/mol. The molecule has 0 bridgehead atoms. The molecule has 1 fully saturated rings. The van der Waals surface area contributed by atoms with Crippen LogP contribution in [0.5, 0.6) is 5.75 Å². The zero-order chi connectivity index (χ0) is 30.0. The van der Waals surface area contributed by atoms with Crippen molar-refractivity contribution in [3.63, 3.8) is 0 Å². The molecule has 12 heteroatoms. The van der Waals surface area contributed by atoms with E-state index >= 15 is 0 Å². The second-order valence-electron chi connectivity index (χ2n) is 9.11. The van der Waals surface area contributed by atoms with Crippen molar-refractivity contribution < 1.29 is 37.7 Å². The number of carbonyl (C=O) groups is 2. The Kier molecular flexibility index (Phi) is 10.6. The van der Waals surface area contributed by atoms with E-state index in [0.717, 1.165) is 43.5 Å². The lowest BCUT2D eigenvalue weighted by Crippen LogP contribution is -2.50. The van der Waals surface area contributed by atoms with Crippen molar-refractivity contribution in [1.29, 1.82) is 0 Å². The minimum atomic E-state index is -5.08. The van der Waals surface area contributed by atoms with E-state index in [0.29, 0.717) is 12.2 Å². The van der Waals surface area contributed by atoms with Crippen molar-refractivity contribution >= 4 is 29.3 Å². The predicted octanol–water partition coefficient (Wildman–Crippen LogP) is 5.13. The van der Waals surface area contributed by atoms with Gasteiger partial charge < -0.3 is 30.1 Å². The summed E-state index contributed by atoms with van der Waals surface area (Å²) < 4.78 is 37.0. The normalized spacial score (nSPS) is 13.6. The van der Waals surface area contributed by atoms with Gasteiger partial charge in [-0.1, -0.05) is 35.9 Å². The van der Waals surface area contributed by atoms with E-state index in [-0.39, 0.29) is 5.56 Å². The van der Waals surface area contributed by atoms with Crippen molar-refractivity contribution in [1.82, 2.24) is 4.90 Å². The molecule has 0 unspecified atom stereocenters. The highest BCUT2D eigenvalue weighted by atomic mass is 19.4. The molecule has 0 aromatic heterocycles. The Morgan fingerprint density at radius 3 is 2.10 bits per heavy atom. The first-order chi connectivity index (χ1) is 19.5. The summed E-state index contributed by atoms with van der Waals surface area (Å²) >= 11 is 0. The number of piperazine rings is 1. The Labute approximate surface area is 235 Å². The maximum absolute atomic E-state index is 11.4. The Morgan fingerprint density at radius 2 is 1.56 bits per heavy atom. The molecule has 3 N–H and O–H groups in total. The number of aliphatic carboxylic acids is 1. The summed E-state index contributed by atoms with van der Waals surface area (Å²) in [5.74, 6) is -2.11. The number of carboxylic acids is 2. The van der Waals surface area contributed by atoms with Gasteiger partial charge in [0.15, 0.2) is 5.96 Å². The summed E-state index contributed by atoms with van der Waals surface area (Å²) in [4.78, 5) is 29.8. The van der Waals surface area contributed by atoms with Gasteiger partial charge in [0.2, 0.25) is 0 Å². The number of hydrogen-bond donors (Lipinski definition) is 3. The van der Waals surface area contributed by atoms with Gasteiger partial charge >= 0.3 is 18.1 Å². The number of aromatic carboxylic acids is 1. The number of alkyl halides is 3. The fourth-order valence-corrected chi connectivity index (χ4v) is 3.91. The van der Waals surface area contributed by atoms with Crippen LogP contribution in [0.4, 0.5) is 24.5 Å². The maximum atomic E-state index is 11.4. The number of benzene rings is 3. The molecule has 4 rings (SSSR count). The standard InChI is InChI=1S/C27H30N4O3.C2HF3O2/c1-20-6-8-21(9-7-20)19-28-27(29-23-5-3-4-22(18-23)26(32)33)31-16-14-30(15-17-31)24-10-12-25(34-2)13-11-24;3-2(4,5)1(6)7/h3-13,18H,14-17,19H2,1-2H3,(H,28,29)(H,32,33);(H,6,7). The van der Waals surface area contributed by atoms with E-state index in [9.17, 15) is 23.1 Å². The van der Waals surface area contributed by atoms with Crippen molar-refractivity contribution in [2.45, 2.75) is 19.6 Å². The molecular formula is C29H31F3N4O5. The summed E-state index contributed by atoms with van der Waals surface area (Å²) in [7, 11) is 1.67. The summed E-state index contributed by atoms with van der Waals surface area (Å²) in [5.41, 5.74) is 4.46. The number of methoxy groups -OCH3 is 1. The van der Waals surface area contributed by atoms with Crippen molar-refractivity contribution in [3.05, 3.63) is 89.5 Å². The van der Waals surface area contributed by atoms with Crippen molar-refractivity contribution in [2.75, 3.05) is 43.5 Å². The smallest absolute Gasteiger partial charge is 0.490 e. The number of guanidine groups is 1. The molecule has 0 saturated carbocycles. The van der Waals surface area contributed by atoms with Crippen LogP contribution in [0.3, 0.4) is 0 Å². The molecule has 3 aromatic rings. The number of nitrogens with one attached hydrogen (secondary N) is 1. The first-order valence-electron chi connectivity index (χ1n) is 12.6. The largest absolute Gasteiger partial charge is 0.497 e. The number of halogens is 3. The monoisotopic (exact) mass is 572 g/mol. The molecule has 0 atom stereocenters. The van der Waals surface area contributed by atoms with Crippen LogP contribution in [0.15, 0.2) is 77.8 Å². The van der Waals surface area contributed by atoms with Gasteiger partial charge in [-0.15, -0.1) is 0 Å². The van der Waals surface area contributed by atoms with Gasteiger partial charge in [-0.2, -0.15) is 13.2 Å². The number of aryl methyl sites for hydroxylation is 1. The molecule has 1 aliphatic rings. The third-order valence-electron chi connectivity index (χ3n) is 6.16. The maximum Gasteiger partial charge on any atom is 0.490 e. The second-order valence-corrected chi connectivity index (χ2v) is 9.11. The summed E-state index contributed by atoms with van der Waals surface area (Å²) in [6, 6.07) is 23.3. The van der Waals surface area contributed by atoms with Crippen LogP contribution in [0, 0.1) is 6.92 Å². The molecular weight excluding hydrogens is 541 g/mol. The van der Waals surface area contributed by atoms with Gasteiger partial charge in [-0.25, -0.2) is 14.6 Å². The Hall–Kier alpha value is -4.74. The van der Waals surface area contributed by atoms with Crippen LogP contribution < -0.4 is 15.0 Å². The Bertz CT molecular complexity index is 1340. The molecule has 1 saturated heterocycles. The fourth-order valence-electron chi connectivity index (χ4n) is 3.91. The topological polar surface area (TPSA) is 115 Å². The highest BCUT2D eigenvalue weighted by Gasteiger charge is 2.38. The third kappa shape index (κ3) is 9.45. The molecule has 218 valence electrons. The second kappa shape index (κ2) is 14.1. The molecule has 0 aliphatic carbocycles. The number of anilines is 2. The van der Waals surface area contributed by atoms with Gasteiger partial charge in [0.25, 0.3) is 0 Å². The molecule has 1 aliphatic heterocycles. The number of rotatable bonds is 6. The quantitative estimate of drug-likeness (QED) is 0.275. The molecule has 9 nitrogen and oxygen atoms in total. The first kappa shape index (κ1) is 30.8. The molecule has 0 radical (unpaired) electrons. The van der Waals surface area contributed by atoms with Crippen LogP contribution in [-0.2, 0) is 11.3 Å². The fraction of sp³-hybridized carbons (Fsp3) is 0.276. The van der Waals surface area contributed by atoms with Crippen LogP contribution in [-0.4, -0.2) is 72.5 Å². The van der Waals surface area contributed by atoms with Gasteiger partial charge in [0, 0.05) is 37.6 Å². The Morgan fingerprint density at radius 1 is 0.951 bits per heavy atom. The third-order valence-corrected chi connectivity index (χ3v) is 6.16. The summed E-state index contributed by atoms with van der Waals surface area (Å²) in [5, 5.41) is 19.9. The number of carboxylic acid groups (broad SMARTS) is 2. The van der Waals surface area contributed by atoms with E-state index in [4.69, 9.17) is 19.6 Å². The lowest BCUT2D eigenvalue weighted by molar-refractivity contribution is -0.192. The van der Waals surface area contributed by atoms with Crippen molar-refractivity contribution in [2.24, 2.45) is 4.99 Å². The Balaban J connectivity index is 0.000000587. The van der Waals surface area contributed by atoms with Gasteiger partial charge in [0.1, 0.15) is 5.75 Å². The minimum Gasteiger partial charge on any atom is -0.497 e. The zero-order valence-electron chi connectivity index (χ0n) is 22.6. The minimum absolute atomic E-state index is 0.243. The van der Waals surface area contributed by atoms with E-state index in [1.54, 1.807) is 25.3 Å². The van der Waals surface area contributed by atoms with Crippen molar-refractivity contribution in [3.8, 4) is 5.75 Å². The number of ether oxygens (including phenoxy) is 1. The highest BCUT2D eigenvalue weighted by molar-refractivity contribution is 5.96. The van der Waals surface area contributed by atoms with Crippen LogP contribution in [0.25, 0.3) is 0 Å². The van der Waals surface area contributed by atoms with Crippen LogP contribution in [0.2, 0.25) is 0 Å². The van der Waals surface area contributed by atoms with E-state index in [1.165, 1.54) is 11.3 Å².